The van der Waals surface area contributed by atoms with Crippen molar-refractivity contribution < 1.29 is 23.1 Å². The van der Waals surface area contributed by atoms with Crippen LogP contribution in [0.2, 0.25) is 0 Å². The van der Waals surface area contributed by atoms with Gasteiger partial charge in [0.15, 0.2) is 6.04 Å². The molecule has 0 fully saturated rings. The topological polar surface area (TPSA) is 102 Å². The smallest absolute Gasteiger partial charge is 0.250 e. The standard InChI is InChI=1S/C24H24FN5O4/c1-33-14-12-26-24(32)23(21-7-4-13-34-21)29(15-17-8-10-18(25)11-9-17)22(31)16-30-20-6-3-2-5-19(20)27-28-30/h2-11,13,23H,12,14-16H2,1H3,(H,26,32)/t23-/m1/s1. The Hall–Kier alpha value is -4.05. The average molecular weight is 465 g/mol. The molecule has 1 atom stereocenters. The Labute approximate surface area is 195 Å². The molecule has 34 heavy (non-hydrogen) atoms. The van der Waals surface area contributed by atoms with Gasteiger partial charge in [-0.1, -0.05) is 29.5 Å². The number of amides is 2. The van der Waals surface area contributed by atoms with Gasteiger partial charge in [-0.3, -0.25) is 9.59 Å². The number of ether oxygens (including phenoxy) is 1. The van der Waals surface area contributed by atoms with E-state index in [-0.39, 0.29) is 25.5 Å². The van der Waals surface area contributed by atoms with E-state index in [0.717, 1.165) is 0 Å². The lowest BCUT2D eigenvalue weighted by Crippen LogP contribution is -2.45. The summed E-state index contributed by atoms with van der Waals surface area (Å²) in [5.41, 5.74) is 2.00. The Morgan fingerprint density at radius 3 is 2.68 bits per heavy atom. The molecule has 0 spiro atoms. The molecule has 4 aromatic rings. The van der Waals surface area contributed by atoms with Crippen molar-refractivity contribution in [2.75, 3.05) is 20.3 Å². The zero-order valence-corrected chi connectivity index (χ0v) is 18.6. The maximum absolute atomic E-state index is 13.6. The first-order chi connectivity index (χ1) is 16.6. The van der Waals surface area contributed by atoms with Gasteiger partial charge in [0, 0.05) is 20.2 Å². The van der Waals surface area contributed by atoms with E-state index in [1.54, 1.807) is 30.3 Å². The number of fused-ring (bicyclic) bond motifs is 1. The van der Waals surface area contributed by atoms with Gasteiger partial charge in [0.25, 0.3) is 5.91 Å². The molecule has 2 aromatic heterocycles. The molecule has 0 saturated carbocycles. The van der Waals surface area contributed by atoms with Gasteiger partial charge in [0.1, 0.15) is 23.6 Å². The van der Waals surface area contributed by atoms with Crippen LogP contribution in [0.1, 0.15) is 17.4 Å². The van der Waals surface area contributed by atoms with Gasteiger partial charge in [0.05, 0.1) is 18.4 Å². The SMILES string of the molecule is COCCNC(=O)[C@@H](c1ccco1)N(Cc1ccc(F)cc1)C(=O)Cn1nnc2ccccc21. The average Bonchev–Trinajstić information content (AvgIpc) is 3.51. The Balaban J connectivity index is 1.68. The molecule has 0 saturated heterocycles. The predicted octanol–water partition coefficient (Wildman–Crippen LogP) is 2.70. The van der Waals surface area contributed by atoms with Crippen LogP contribution < -0.4 is 5.32 Å². The van der Waals surface area contributed by atoms with Crippen LogP contribution in [0.15, 0.2) is 71.3 Å². The van der Waals surface area contributed by atoms with E-state index in [4.69, 9.17) is 9.15 Å². The molecule has 176 valence electrons. The molecule has 1 N–H and O–H groups in total. The lowest BCUT2D eigenvalue weighted by Gasteiger charge is -2.30. The first kappa shape index (κ1) is 23.1. The summed E-state index contributed by atoms with van der Waals surface area (Å²) in [5, 5.41) is 11.0. The highest BCUT2D eigenvalue weighted by Crippen LogP contribution is 2.25. The fourth-order valence-electron chi connectivity index (χ4n) is 3.61. The number of methoxy groups -OCH3 is 1. The number of hydrogen-bond donors (Lipinski definition) is 1. The molecule has 10 heteroatoms. The van der Waals surface area contributed by atoms with Crippen molar-refractivity contribution in [3.8, 4) is 0 Å². The molecule has 9 nitrogen and oxygen atoms in total. The van der Waals surface area contributed by atoms with Gasteiger partial charge in [0.2, 0.25) is 5.91 Å². The third kappa shape index (κ3) is 5.29. The van der Waals surface area contributed by atoms with Gasteiger partial charge in [-0.15, -0.1) is 5.10 Å². The molecular formula is C24H24FN5O4. The maximum atomic E-state index is 13.6. The van der Waals surface area contributed by atoms with Crippen molar-refractivity contribution in [2.45, 2.75) is 19.1 Å². The van der Waals surface area contributed by atoms with E-state index in [9.17, 15) is 14.0 Å². The summed E-state index contributed by atoms with van der Waals surface area (Å²) in [6.07, 6.45) is 1.44. The van der Waals surface area contributed by atoms with Crippen LogP contribution in [-0.4, -0.2) is 52.0 Å². The van der Waals surface area contributed by atoms with Crippen LogP contribution in [0.3, 0.4) is 0 Å². The van der Waals surface area contributed by atoms with E-state index in [0.29, 0.717) is 29.0 Å². The zero-order valence-electron chi connectivity index (χ0n) is 18.6. The fourth-order valence-corrected chi connectivity index (χ4v) is 3.61. The normalized spacial score (nSPS) is 11.9. The number of nitrogens with zero attached hydrogens (tertiary/aromatic N) is 4. The minimum absolute atomic E-state index is 0.0504. The van der Waals surface area contributed by atoms with Crippen molar-refractivity contribution in [3.63, 3.8) is 0 Å². The summed E-state index contributed by atoms with van der Waals surface area (Å²) in [6.45, 7) is 0.478. The van der Waals surface area contributed by atoms with E-state index in [1.165, 1.54) is 35.1 Å². The number of nitrogens with one attached hydrogen (secondary N) is 1. The first-order valence-corrected chi connectivity index (χ1v) is 10.7. The Bertz CT molecular complexity index is 1240. The van der Waals surface area contributed by atoms with Gasteiger partial charge in [-0.2, -0.15) is 0 Å². The second-order valence-electron chi connectivity index (χ2n) is 7.59. The van der Waals surface area contributed by atoms with Gasteiger partial charge in [-0.05, 0) is 42.0 Å². The van der Waals surface area contributed by atoms with Crippen molar-refractivity contribution in [1.29, 1.82) is 0 Å². The number of aromatic nitrogens is 3. The summed E-state index contributed by atoms with van der Waals surface area (Å²) < 4.78 is 25.5. The predicted molar refractivity (Wildman–Crippen MR) is 121 cm³/mol. The molecule has 0 bridgehead atoms. The Morgan fingerprint density at radius 1 is 1.15 bits per heavy atom. The molecule has 0 aliphatic heterocycles. The number of hydrogen-bond acceptors (Lipinski definition) is 6. The van der Waals surface area contributed by atoms with Gasteiger partial charge >= 0.3 is 0 Å². The summed E-state index contributed by atoms with van der Waals surface area (Å²) in [5.74, 6) is -0.904. The highest BCUT2D eigenvalue weighted by molar-refractivity contribution is 5.88. The first-order valence-electron chi connectivity index (χ1n) is 10.7. The molecule has 0 aliphatic rings. The molecule has 2 amide bonds. The van der Waals surface area contributed by atoms with Crippen molar-refractivity contribution >= 4 is 22.8 Å². The van der Waals surface area contributed by atoms with E-state index in [2.05, 4.69) is 15.6 Å². The largest absolute Gasteiger partial charge is 0.467 e. The van der Waals surface area contributed by atoms with Crippen molar-refractivity contribution in [3.05, 3.63) is 84.1 Å². The number of carbonyl (C=O) groups is 2. The number of furan rings is 1. The van der Waals surface area contributed by atoms with Crippen molar-refractivity contribution in [1.82, 2.24) is 25.2 Å². The summed E-state index contributed by atoms with van der Waals surface area (Å²) >= 11 is 0. The van der Waals surface area contributed by atoms with Crippen LogP contribution in [-0.2, 0) is 27.4 Å². The van der Waals surface area contributed by atoms with Gasteiger partial charge < -0.3 is 19.4 Å². The molecule has 2 heterocycles. The second kappa shape index (κ2) is 10.7. The minimum atomic E-state index is -1.06. The van der Waals surface area contributed by atoms with Crippen LogP contribution >= 0.6 is 0 Å². The van der Waals surface area contributed by atoms with Crippen LogP contribution in [0.4, 0.5) is 4.39 Å². The molecular weight excluding hydrogens is 441 g/mol. The summed E-state index contributed by atoms with van der Waals surface area (Å²) in [6, 6.07) is 15.3. The number of para-hydroxylation sites is 1. The fraction of sp³-hybridized carbons (Fsp3) is 0.250. The molecule has 0 aliphatic carbocycles. The molecule has 4 rings (SSSR count). The minimum Gasteiger partial charge on any atom is -0.467 e. The second-order valence-corrected chi connectivity index (χ2v) is 7.59. The van der Waals surface area contributed by atoms with Crippen molar-refractivity contribution in [2.24, 2.45) is 0 Å². The van der Waals surface area contributed by atoms with Crippen LogP contribution in [0, 0.1) is 5.82 Å². The van der Waals surface area contributed by atoms with E-state index in [1.807, 2.05) is 18.2 Å². The van der Waals surface area contributed by atoms with Crippen LogP contribution in [0.5, 0.6) is 0 Å². The van der Waals surface area contributed by atoms with E-state index >= 15 is 0 Å². The number of halogens is 1. The third-order valence-corrected chi connectivity index (χ3v) is 5.27. The van der Waals surface area contributed by atoms with Gasteiger partial charge in [-0.25, -0.2) is 9.07 Å². The number of benzene rings is 2. The molecule has 2 aromatic carbocycles. The molecule has 0 radical (unpaired) electrons. The van der Waals surface area contributed by atoms with Crippen LogP contribution in [0.25, 0.3) is 11.0 Å². The number of carbonyl (C=O) groups excluding carboxylic acids is 2. The lowest BCUT2D eigenvalue weighted by atomic mass is 10.1. The Morgan fingerprint density at radius 2 is 1.94 bits per heavy atom. The monoisotopic (exact) mass is 465 g/mol. The maximum Gasteiger partial charge on any atom is 0.250 e. The van der Waals surface area contributed by atoms with E-state index < -0.39 is 17.8 Å². The summed E-state index contributed by atoms with van der Waals surface area (Å²) in [4.78, 5) is 28.2. The molecule has 0 unspecified atom stereocenters. The lowest BCUT2D eigenvalue weighted by molar-refractivity contribution is -0.143. The highest BCUT2D eigenvalue weighted by atomic mass is 19.1. The quantitative estimate of drug-likeness (QED) is 0.361. The third-order valence-electron chi connectivity index (χ3n) is 5.27. The number of rotatable bonds is 10. The highest BCUT2D eigenvalue weighted by Gasteiger charge is 2.34. The summed E-state index contributed by atoms with van der Waals surface area (Å²) in [7, 11) is 1.53. The zero-order chi connectivity index (χ0) is 23.9. The Kier molecular flexibility index (Phi) is 7.28.